The Bertz CT molecular complexity index is 284. The molecule has 0 bridgehead atoms. The molecule has 0 aliphatic carbocycles. The van der Waals surface area contributed by atoms with Crippen molar-refractivity contribution in [3.05, 3.63) is 33.8 Å². The van der Waals surface area contributed by atoms with Crippen LogP contribution in [0.3, 0.4) is 0 Å². The second kappa shape index (κ2) is 5.86. The zero-order valence-corrected chi connectivity index (χ0v) is 10.2. The molecule has 0 aliphatic rings. The minimum Gasteiger partial charge on any atom is -0.392 e. The average molecular weight is 251 g/mol. The van der Waals surface area contributed by atoms with Crippen LogP contribution in [-0.4, -0.2) is 23.2 Å². The number of thioether (sulfide) groups is 1. The third-order valence-electron chi connectivity index (χ3n) is 1.86. The van der Waals surface area contributed by atoms with Gasteiger partial charge in [-0.1, -0.05) is 29.3 Å². The van der Waals surface area contributed by atoms with Crippen molar-refractivity contribution in [2.45, 2.75) is 12.5 Å². The number of benzene rings is 1. The summed E-state index contributed by atoms with van der Waals surface area (Å²) in [5, 5.41) is 10.9. The summed E-state index contributed by atoms with van der Waals surface area (Å²) in [6.45, 7) is 0. The Morgan fingerprint density at radius 1 is 1.36 bits per heavy atom. The Morgan fingerprint density at radius 2 is 1.93 bits per heavy atom. The summed E-state index contributed by atoms with van der Waals surface area (Å²) in [5.74, 6) is 0.696. The summed E-state index contributed by atoms with van der Waals surface area (Å²) in [6.07, 6.45) is 2.08. The van der Waals surface area contributed by atoms with E-state index in [1.807, 2.05) is 6.26 Å². The molecule has 4 heteroatoms. The van der Waals surface area contributed by atoms with Crippen molar-refractivity contribution < 1.29 is 5.11 Å². The first-order valence-corrected chi connectivity index (χ1v) is 6.40. The maximum atomic E-state index is 9.61. The molecule has 0 saturated carbocycles. The maximum absolute atomic E-state index is 9.61. The highest BCUT2D eigenvalue weighted by Gasteiger charge is 2.10. The van der Waals surface area contributed by atoms with Gasteiger partial charge in [0, 0.05) is 22.2 Å². The Balaban J connectivity index is 2.75. The highest BCUT2D eigenvalue weighted by atomic mass is 35.5. The predicted molar refractivity (Wildman–Crippen MR) is 64.6 cm³/mol. The van der Waals surface area contributed by atoms with Crippen molar-refractivity contribution in [2.24, 2.45) is 0 Å². The number of hydrogen-bond donors (Lipinski definition) is 1. The minimum atomic E-state index is -0.387. The van der Waals surface area contributed by atoms with Gasteiger partial charge in [0.25, 0.3) is 0 Å². The van der Waals surface area contributed by atoms with Crippen molar-refractivity contribution in [1.82, 2.24) is 0 Å². The quantitative estimate of drug-likeness (QED) is 0.886. The first-order chi connectivity index (χ1) is 6.65. The van der Waals surface area contributed by atoms with E-state index >= 15 is 0 Å². The molecule has 1 N–H and O–H groups in total. The van der Waals surface area contributed by atoms with Gasteiger partial charge in [0.2, 0.25) is 0 Å². The number of aliphatic hydroxyl groups excluding tert-OH is 1. The molecule has 1 aromatic rings. The van der Waals surface area contributed by atoms with Crippen molar-refractivity contribution in [3.8, 4) is 0 Å². The Labute approximate surface area is 98.4 Å². The van der Waals surface area contributed by atoms with Crippen molar-refractivity contribution in [3.63, 3.8) is 0 Å². The zero-order chi connectivity index (χ0) is 10.6. The topological polar surface area (TPSA) is 20.2 Å². The van der Waals surface area contributed by atoms with Gasteiger partial charge in [-0.3, -0.25) is 0 Å². The first kappa shape index (κ1) is 12.2. The molecule has 1 nitrogen and oxygen atoms in total. The lowest BCUT2D eigenvalue weighted by Gasteiger charge is -2.11. The summed E-state index contributed by atoms with van der Waals surface area (Å²) < 4.78 is 0. The molecule has 14 heavy (non-hydrogen) atoms. The highest BCUT2D eigenvalue weighted by molar-refractivity contribution is 7.98. The molecule has 1 unspecified atom stereocenters. The third kappa shape index (κ3) is 3.35. The molecule has 1 rings (SSSR count). The summed E-state index contributed by atoms with van der Waals surface area (Å²) in [5.41, 5.74) is 0.831. The largest absolute Gasteiger partial charge is 0.392 e. The molecule has 0 heterocycles. The van der Waals surface area contributed by atoms with Gasteiger partial charge in [0.15, 0.2) is 0 Å². The van der Waals surface area contributed by atoms with Crippen molar-refractivity contribution >= 4 is 35.0 Å². The molecule has 0 aromatic heterocycles. The number of halogens is 2. The Morgan fingerprint density at radius 3 is 2.43 bits per heavy atom. The van der Waals surface area contributed by atoms with Gasteiger partial charge >= 0.3 is 0 Å². The van der Waals surface area contributed by atoms with Gasteiger partial charge in [-0.2, -0.15) is 11.8 Å². The van der Waals surface area contributed by atoms with E-state index in [1.165, 1.54) is 0 Å². The van der Waals surface area contributed by atoms with Crippen LogP contribution in [0.5, 0.6) is 0 Å². The first-order valence-electron chi connectivity index (χ1n) is 4.25. The van der Waals surface area contributed by atoms with E-state index in [4.69, 9.17) is 23.2 Å². The fourth-order valence-electron chi connectivity index (χ4n) is 1.21. The van der Waals surface area contributed by atoms with E-state index in [1.54, 1.807) is 30.0 Å². The van der Waals surface area contributed by atoms with Crippen LogP contribution >= 0.6 is 35.0 Å². The van der Waals surface area contributed by atoms with Crippen LogP contribution in [0.15, 0.2) is 18.2 Å². The fraction of sp³-hybridized carbons (Fsp3) is 0.400. The monoisotopic (exact) mass is 250 g/mol. The molecule has 0 radical (unpaired) electrons. The van der Waals surface area contributed by atoms with Crippen LogP contribution in [-0.2, 0) is 6.42 Å². The van der Waals surface area contributed by atoms with Crippen LogP contribution in [0.25, 0.3) is 0 Å². The van der Waals surface area contributed by atoms with E-state index in [9.17, 15) is 5.11 Å². The van der Waals surface area contributed by atoms with Crippen LogP contribution in [0.2, 0.25) is 10.0 Å². The lowest BCUT2D eigenvalue weighted by molar-refractivity contribution is 0.200. The molecule has 0 amide bonds. The smallest absolute Gasteiger partial charge is 0.0671 e. The van der Waals surface area contributed by atoms with Crippen molar-refractivity contribution in [2.75, 3.05) is 12.0 Å². The van der Waals surface area contributed by atoms with Gasteiger partial charge in [-0.25, -0.2) is 0 Å². The van der Waals surface area contributed by atoms with Crippen LogP contribution in [0, 0.1) is 0 Å². The standard InChI is InChI=1S/C10H12Cl2OS/c1-14-6-7(13)5-8-9(11)3-2-4-10(8)12/h2-4,7,13H,5-6H2,1H3. The number of aliphatic hydroxyl groups is 1. The van der Waals surface area contributed by atoms with Crippen LogP contribution in [0.4, 0.5) is 0 Å². The van der Waals surface area contributed by atoms with E-state index in [0.717, 1.165) is 5.56 Å². The summed E-state index contributed by atoms with van der Waals surface area (Å²) in [7, 11) is 0. The second-order valence-corrected chi connectivity index (χ2v) is 4.74. The second-order valence-electron chi connectivity index (χ2n) is 3.01. The molecule has 0 spiro atoms. The normalized spacial score (nSPS) is 12.9. The van der Waals surface area contributed by atoms with Gasteiger partial charge < -0.3 is 5.11 Å². The lowest BCUT2D eigenvalue weighted by Crippen LogP contribution is -2.13. The van der Waals surface area contributed by atoms with E-state index in [2.05, 4.69) is 0 Å². The SMILES string of the molecule is CSCC(O)Cc1c(Cl)cccc1Cl. The van der Waals surface area contributed by atoms with Crippen LogP contribution < -0.4 is 0 Å². The van der Waals surface area contributed by atoms with Gasteiger partial charge in [0.1, 0.15) is 0 Å². The van der Waals surface area contributed by atoms with Gasteiger partial charge in [-0.05, 0) is 24.0 Å². The maximum Gasteiger partial charge on any atom is 0.0671 e. The Hall–Kier alpha value is 0.110. The summed E-state index contributed by atoms with van der Waals surface area (Å²) in [6, 6.07) is 5.37. The fourth-order valence-corrected chi connectivity index (χ4v) is 2.27. The minimum absolute atomic E-state index is 0.387. The summed E-state index contributed by atoms with van der Waals surface area (Å²) in [4.78, 5) is 0. The average Bonchev–Trinajstić information content (AvgIpc) is 2.12. The third-order valence-corrected chi connectivity index (χ3v) is 3.29. The van der Waals surface area contributed by atoms with Crippen LogP contribution in [0.1, 0.15) is 5.56 Å². The highest BCUT2D eigenvalue weighted by Crippen LogP contribution is 2.25. The molecule has 1 aromatic carbocycles. The predicted octanol–water partition coefficient (Wildman–Crippen LogP) is 3.26. The summed E-state index contributed by atoms with van der Waals surface area (Å²) >= 11 is 13.5. The molecule has 0 fully saturated rings. The molecule has 1 atom stereocenters. The molecule has 78 valence electrons. The van der Waals surface area contributed by atoms with E-state index in [-0.39, 0.29) is 6.10 Å². The van der Waals surface area contributed by atoms with E-state index in [0.29, 0.717) is 22.2 Å². The van der Waals surface area contributed by atoms with E-state index < -0.39 is 0 Å². The van der Waals surface area contributed by atoms with Crippen molar-refractivity contribution in [1.29, 1.82) is 0 Å². The number of hydrogen-bond acceptors (Lipinski definition) is 2. The van der Waals surface area contributed by atoms with Gasteiger partial charge in [-0.15, -0.1) is 0 Å². The van der Waals surface area contributed by atoms with Gasteiger partial charge in [0.05, 0.1) is 6.10 Å². The zero-order valence-electron chi connectivity index (χ0n) is 7.84. The molecule has 0 saturated heterocycles. The Kier molecular flexibility index (Phi) is 5.10. The lowest BCUT2D eigenvalue weighted by atomic mass is 10.1. The molecule has 0 aliphatic heterocycles. The molecular weight excluding hydrogens is 239 g/mol. The number of rotatable bonds is 4. The molecular formula is C10H12Cl2OS.